The zero-order valence-electron chi connectivity index (χ0n) is 21.4. The van der Waals surface area contributed by atoms with Gasteiger partial charge >= 0.3 is 5.97 Å². The van der Waals surface area contributed by atoms with Gasteiger partial charge < -0.3 is 14.3 Å². The van der Waals surface area contributed by atoms with Crippen LogP contribution in [0.2, 0.25) is 18.1 Å². The molecule has 1 N–H and O–H groups in total. The summed E-state index contributed by atoms with van der Waals surface area (Å²) in [6.07, 6.45) is 6.22. The number of carbonyl (C=O) groups excluding carboxylic acids is 1. The maximum atomic E-state index is 11.6. The lowest BCUT2D eigenvalue weighted by Crippen LogP contribution is -2.47. The summed E-state index contributed by atoms with van der Waals surface area (Å²) in [5.41, 5.74) is -0.668. The van der Waals surface area contributed by atoms with Crippen LogP contribution in [0.3, 0.4) is 0 Å². The van der Waals surface area contributed by atoms with Gasteiger partial charge in [-0.3, -0.25) is 4.79 Å². The first-order valence-corrected chi connectivity index (χ1v) is 14.6. The Morgan fingerprint density at radius 2 is 1.87 bits per heavy atom. The van der Waals surface area contributed by atoms with Gasteiger partial charge in [0.15, 0.2) is 8.32 Å². The molecule has 0 aromatic carbocycles. The van der Waals surface area contributed by atoms with Crippen LogP contribution in [0.1, 0.15) is 87.5 Å². The lowest BCUT2D eigenvalue weighted by atomic mass is 9.62. The predicted octanol–water partition coefficient (Wildman–Crippen LogP) is 6.00. The smallest absolute Gasteiger partial charge is 0.302 e. The maximum absolute atomic E-state index is 11.6. The summed E-state index contributed by atoms with van der Waals surface area (Å²) in [7, 11) is -1.94. The molecule has 2 rings (SSSR count). The van der Waals surface area contributed by atoms with E-state index in [1.165, 1.54) is 6.92 Å². The second-order valence-corrected chi connectivity index (χ2v) is 16.8. The predicted molar refractivity (Wildman–Crippen MR) is 129 cm³/mol. The van der Waals surface area contributed by atoms with Crippen LogP contribution in [0.25, 0.3) is 0 Å². The van der Waals surface area contributed by atoms with Crippen molar-refractivity contribution in [3.63, 3.8) is 0 Å². The second-order valence-electron chi connectivity index (χ2n) is 12.0. The summed E-state index contributed by atoms with van der Waals surface area (Å²) < 4.78 is 12.1. The minimum atomic E-state index is -1.94. The highest BCUT2D eigenvalue weighted by Crippen LogP contribution is 2.56. The van der Waals surface area contributed by atoms with E-state index in [0.29, 0.717) is 6.42 Å². The molecule has 0 aromatic rings. The summed E-state index contributed by atoms with van der Waals surface area (Å²) in [4.78, 5) is 11.6. The molecule has 0 heterocycles. The molecule has 0 saturated heterocycles. The van der Waals surface area contributed by atoms with Crippen molar-refractivity contribution in [2.45, 2.75) is 123 Å². The zero-order valence-corrected chi connectivity index (χ0v) is 22.4. The minimum absolute atomic E-state index is 0.0659. The fourth-order valence-electron chi connectivity index (χ4n) is 5.22. The van der Waals surface area contributed by atoms with Gasteiger partial charge in [0.25, 0.3) is 0 Å². The van der Waals surface area contributed by atoms with Crippen LogP contribution in [0.5, 0.6) is 0 Å². The molecule has 4 atom stereocenters. The van der Waals surface area contributed by atoms with Gasteiger partial charge in [-0.15, -0.1) is 0 Å². The molecule has 2 aliphatic carbocycles. The second kappa shape index (κ2) is 8.69. The van der Waals surface area contributed by atoms with Crippen molar-refractivity contribution >= 4 is 14.3 Å². The Kier molecular flexibility index (Phi) is 7.33. The fraction of sp³-hybridized carbons (Fsp3) is 0.808. The number of aliphatic hydroxyl groups is 1. The fourth-order valence-corrected chi connectivity index (χ4v) is 6.85. The van der Waals surface area contributed by atoms with Gasteiger partial charge in [-0.1, -0.05) is 45.6 Å². The highest BCUT2D eigenvalue weighted by molar-refractivity contribution is 6.74. The molecule has 0 aromatic heterocycles. The van der Waals surface area contributed by atoms with Crippen LogP contribution in [0.4, 0.5) is 0 Å². The Morgan fingerprint density at radius 3 is 2.42 bits per heavy atom. The first kappa shape index (κ1) is 26.2. The molecular formula is C26H44O4Si. The molecule has 0 bridgehead atoms. The van der Waals surface area contributed by atoms with E-state index in [4.69, 9.17) is 9.16 Å². The summed E-state index contributed by atoms with van der Waals surface area (Å²) >= 11 is 0. The Labute approximate surface area is 191 Å². The van der Waals surface area contributed by atoms with Gasteiger partial charge in [-0.25, -0.2) is 0 Å². The SMILES string of the molecule is CC(=O)O[C@H]1CCC[C@]2(C)C([C@@](C)(O)CC#CC(C)(C)O[Si](C)(C)C(C)(C)C)=CC[C@@H]12. The lowest BCUT2D eigenvalue weighted by Gasteiger charge is -2.46. The topological polar surface area (TPSA) is 55.8 Å². The maximum Gasteiger partial charge on any atom is 0.302 e. The number of fused-ring (bicyclic) bond motifs is 1. The van der Waals surface area contributed by atoms with Crippen molar-refractivity contribution in [2.24, 2.45) is 11.3 Å². The minimum Gasteiger partial charge on any atom is -0.462 e. The van der Waals surface area contributed by atoms with Crippen LogP contribution in [0, 0.1) is 23.2 Å². The molecule has 1 saturated carbocycles. The Morgan fingerprint density at radius 1 is 1.26 bits per heavy atom. The van der Waals surface area contributed by atoms with E-state index in [9.17, 15) is 9.90 Å². The number of rotatable bonds is 5. The van der Waals surface area contributed by atoms with Crippen molar-refractivity contribution < 1.29 is 19.1 Å². The lowest BCUT2D eigenvalue weighted by molar-refractivity contribution is -0.154. The van der Waals surface area contributed by atoms with Crippen LogP contribution in [-0.2, 0) is 14.0 Å². The normalized spacial score (nSPS) is 28.7. The molecule has 0 spiro atoms. The molecule has 0 radical (unpaired) electrons. The molecule has 31 heavy (non-hydrogen) atoms. The first-order chi connectivity index (χ1) is 13.9. The van der Waals surface area contributed by atoms with Crippen molar-refractivity contribution in [1.29, 1.82) is 0 Å². The summed E-state index contributed by atoms with van der Waals surface area (Å²) in [5.74, 6) is 6.55. The van der Waals surface area contributed by atoms with Crippen molar-refractivity contribution in [3.8, 4) is 11.8 Å². The third kappa shape index (κ3) is 5.83. The molecule has 176 valence electrons. The Bertz CT molecular complexity index is 775. The van der Waals surface area contributed by atoms with E-state index in [1.54, 1.807) is 0 Å². The average molecular weight is 449 g/mol. The number of ether oxygens (including phenoxy) is 1. The average Bonchev–Trinajstić information content (AvgIpc) is 2.90. The molecule has 0 unspecified atom stereocenters. The van der Waals surface area contributed by atoms with Gasteiger partial charge in [0, 0.05) is 19.3 Å². The number of esters is 1. The number of hydrogen-bond donors (Lipinski definition) is 1. The Hall–Kier alpha value is -1.09. The first-order valence-electron chi connectivity index (χ1n) is 11.7. The van der Waals surface area contributed by atoms with Crippen LogP contribution in [0.15, 0.2) is 11.6 Å². The van der Waals surface area contributed by atoms with E-state index in [-0.39, 0.29) is 28.4 Å². The van der Waals surface area contributed by atoms with Crippen molar-refractivity contribution in [3.05, 3.63) is 11.6 Å². The third-order valence-electron chi connectivity index (χ3n) is 7.68. The van der Waals surface area contributed by atoms with E-state index in [2.05, 4.69) is 58.7 Å². The molecular weight excluding hydrogens is 404 g/mol. The zero-order chi connectivity index (χ0) is 23.9. The van der Waals surface area contributed by atoms with E-state index in [0.717, 1.165) is 31.3 Å². The molecule has 2 aliphatic rings. The van der Waals surface area contributed by atoms with Gasteiger partial charge in [0.05, 0.1) is 5.60 Å². The molecule has 0 amide bonds. The molecule has 5 heteroatoms. The third-order valence-corrected chi connectivity index (χ3v) is 12.3. The highest BCUT2D eigenvalue weighted by atomic mass is 28.4. The summed E-state index contributed by atoms with van der Waals surface area (Å²) in [6, 6.07) is 0. The van der Waals surface area contributed by atoms with Gasteiger partial charge in [0.1, 0.15) is 11.7 Å². The number of carbonyl (C=O) groups is 1. The molecule has 1 fully saturated rings. The summed E-state index contributed by atoms with van der Waals surface area (Å²) in [6.45, 7) is 20.8. The van der Waals surface area contributed by atoms with Crippen LogP contribution >= 0.6 is 0 Å². The molecule has 4 nitrogen and oxygen atoms in total. The highest BCUT2D eigenvalue weighted by Gasteiger charge is 2.52. The van der Waals surface area contributed by atoms with Gasteiger partial charge in [-0.05, 0) is 75.6 Å². The number of allylic oxidation sites excluding steroid dienone is 1. The van der Waals surface area contributed by atoms with Gasteiger partial charge in [0.2, 0.25) is 0 Å². The van der Waals surface area contributed by atoms with Gasteiger partial charge in [-0.2, -0.15) is 0 Å². The summed E-state index contributed by atoms with van der Waals surface area (Å²) in [5, 5.41) is 11.6. The standard InChI is InChI=1S/C26H44O4Si/c1-19(27)29-21-13-11-17-25(7)20(21)14-15-22(25)26(8,28)18-12-16-24(5,6)30-31(9,10)23(2,3)4/h15,20-21,28H,11,13-14,17-18H2,1-10H3/t20-,21-,25-,26-/m0/s1. The van der Waals surface area contributed by atoms with E-state index >= 15 is 0 Å². The van der Waals surface area contributed by atoms with E-state index in [1.807, 2.05) is 20.8 Å². The van der Waals surface area contributed by atoms with Crippen molar-refractivity contribution in [1.82, 2.24) is 0 Å². The monoisotopic (exact) mass is 448 g/mol. The quantitative estimate of drug-likeness (QED) is 0.242. The largest absolute Gasteiger partial charge is 0.462 e. The van der Waals surface area contributed by atoms with Crippen LogP contribution in [-0.4, -0.2) is 36.7 Å². The number of hydrogen-bond acceptors (Lipinski definition) is 4. The van der Waals surface area contributed by atoms with Crippen LogP contribution < -0.4 is 0 Å². The van der Waals surface area contributed by atoms with E-state index < -0.39 is 19.5 Å². The van der Waals surface area contributed by atoms with Crippen molar-refractivity contribution in [2.75, 3.05) is 0 Å². The molecule has 0 aliphatic heterocycles. The Balaban J connectivity index is 2.14.